The Morgan fingerprint density at radius 1 is 1.36 bits per heavy atom. The van der Waals surface area contributed by atoms with E-state index in [0.717, 1.165) is 35.5 Å². The first kappa shape index (κ1) is 15.2. The number of rotatable bonds is 4. The van der Waals surface area contributed by atoms with Crippen molar-refractivity contribution in [1.29, 1.82) is 0 Å². The number of aromatic nitrogens is 2. The number of primary amides is 1. The number of ether oxygens (including phenoxy) is 1. The molecule has 6 nitrogen and oxygen atoms in total. The molecule has 0 spiro atoms. The van der Waals surface area contributed by atoms with Gasteiger partial charge in [0.1, 0.15) is 5.65 Å². The van der Waals surface area contributed by atoms with Crippen molar-refractivity contribution in [2.75, 3.05) is 12.4 Å². The van der Waals surface area contributed by atoms with E-state index < -0.39 is 5.91 Å². The minimum absolute atomic E-state index is 0.0862. The van der Waals surface area contributed by atoms with E-state index in [-0.39, 0.29) is 5.60 Å². The highest BCUT2D eigenvalue weighted by atomic mass is 16.5. The zero-order chi connectivity index (χ0) is 17.2. The van der Waals surface area contributed by atoms with Gasteiger partial charge < -0.3 is 20.8 Å². The van der Waals surface area contributed by atoms with Gasteiger partial charge in [0.15, 0.2) is 0 Å². The number of anilines is 1. The van der Waals surface area contributed by atoms with Crippen molar-refractivity contribution < 1.29 is 9.53 Å². The van der Waals surface area contributed by atoms with Gasteiger partial charge in [0.05, 0.1) is 16.9 Å². The third-order valence-electron chi connectivity index (χ3n) is 6.81. The Kier molecular flexibility index (Phi) is 3.17. The van der Waals surface area contributed by atoms with Gasteiger partial charge in [-0.3, -0.25) is 4.79 Å². The smallest absolute Gasteiger partial charge is 0.252 e. The van der Waals surface area contributed by atoms with Crippen LogP contribution >= 0.6 is 0 Å². The molecule has 0 saturated heterocycles. The molecule has 132 valence electrons. The summed E-state index contributed by atoms with van der Waals surface area (Å²) < 4.78 is 5.95. The second-order valence-electron chi connectivity index (χ2n) is 8.18. The Bertz CT molecular complexity index is 829. The van der Waals surface area contributed by atoms with E-state index >= 15 is 0 Å². The maximum Gasteiger partial charge on any atom is 0.252 e. The number of pyridine rings is 1. The fourth-order valence-corrected chi connectivity index (χ4v) is 5.95. The molecule has 4 fully saturated rings. The van der Waals surface area contributed by atoms with Crippen molar-refractivity contribution in [3.8, 4) is 0 Å². The number of methoxy groups -OCH3 is 1. The summed E-state index contributed by atoms with van der Waals surface area (Å²) >= 11 is 0. The minimum atomic E-state index is -0.435. The van der Waals surface area contributed by atoms with Crippen LogP contribution < -0.4 is 11.1 Å². The van der Waals surface area contributed by atoms with E-state index in [4.69, 9.17) is 10.5 Å². The average Bonchev–Trinajstić information content (AvgIpc) is 3.06. The van der Waals surface area contributed by atoms with Crippen LogP contribution in [0.2, 0.25) is 0 Å². The molecule has 2 heterocycles. The van der Waals surface area contributed by atoms with Crippen LogP contribution in [0.3, 0.4) is 0 Å². The van der Waals surface area contributed by atoms with Crippen LogP contribution in [0.25, 0.3) is 11.0 Å². The fraction of sp³-hybridized carbons (Fsp3) is 0.579. The standard InChI is InChI=1S/C19H24N4O2/c1-25-19-6-10-4-11(7-19)15(12(5-10)8-19)23-16-13-2-3-21-18(13)22-9-14(16)17(20)24/h2-3,9-12,15H,4-8H2,1H3,(H2,20,24)(H2,21,22,23)/t10?,11-,12+,15?,19?. The van der Waals surface area contributed by atoms with Gasteiger partial charge in [-0.1, -0.05) is 0 Å². The maximum absolute atomic E-state index is 11.9. The number of aromatic amines is 1. The van der Waals surface area contributed by atoms with Crippen LogP contribution in [0, 0.1) is 17.8 Å². The molecule has 0 radical (unpaired) electrons. The van der Waals surface area contributed by atoms with E-state index in [1.165, 1.54) is 19.3 Å². The van der Waals surface area contributed by atoms with Crippen LogP contribution in [0.5, 0.6) is 0 Å². The zero-order valence-corrected chi connectivity index (χ0v) is 14.4. The molecule has 2 aromatic rings. The Hall–Kier alpha value is -2.08. The van der Waals surface area contributed by atoms with Crippen LogP contribution in [0.1, 0.15) is 42.5 Å². The normalized spacial score (nSPS) is 36.0. The van der Waals surface area contributed by atoms with Gasteiger partial charge in [-0.05, 0) is 55.9 Å². The third kappa shape index (κ3) is 2.20. The number of amides is 1. The Labute approximate surface area is 146 Å². The van der Waals surface area contributed by atoms with Crippen LogP contribution in [0.4, 0.5) is 5.69 Å². The van der Waals surface area contributed by atoms with E-state index in [1.807, 2.05) is 19.4 Å². The predicted octanol–water partition coefficient (Wildman–Crippen LogP) is 2.67. The number of carbonyl (C=O) groups is 1. The highest BCUT2D eigenvalue weighted by Gasteiger charge is 2.55. The van der Waals surface area contributed by atoms with E-state index in [1.54, 1.807) is 6.20 Å². The molecule has 2 aromatic heterocycles. The Balaban J connectivity index is 1.52. The van der Waals surface area contributed by atoms with E-state index in [2.05, 4.69) is 15.3 Å². The highest BCUT2D eigenvalue weighted by molar-refractivity contribution is 6.06. The summed E-state index contributed by atoms with van der Waals surface area (Å²) in [7, 11) is 1.87. The quantitative estimate of drug-likeness (QED) is 0.798. The van der Waals surface area contributed by atoms with Gasteiger partial charge in [0.2, 0.25) is 0 Å². The largest absolute Gasteiger partial charge is 0.380 e. The molecule has 3 unspecified atom stereocenters. The molecule has 4 saturated carbocycles. The molecule has 6 heteroatoms. The van der Waals surface area contributed by atoms with Crippen molar-refractivity contribution in [3.63, 3.8) is 0 Å². The number of fused-ring (bicyclic) bond motifs is 1. The summed E-state index contributed by atoms with van der Waals surface area (Å²) in [4.78, 5) is 19.4. The molecular weight excluding hydrogens is 316 g/mol. The van der Waals surface area contributed by atoms with Gasteiger partial charge in [-0.2, -0.15) is 0 Å². The van der Waals surface area contributed by atoms with Crippen molar-refractivity contribution in [3.05, 3.63) is 24.0 Å². The summed E-state index contributed by atoms with van der Waals surface area (Å²) in [6.45, 7) is 0. The number of carbonyl (C=O) groups excluding carboxylic acids is 1. The number of hydrogen-bond donors (Lipinski definition) is 3. The third-order valence-corrected chi connectivity index (χ3v) is 6.81. The minimum Gasteiger partial charge on any atom is -0.380 e. The lowest BCUT2D eigenvalue weighted by atomic mass is 9.52. The summed E-state index contributed by atoms with van der Waals surface area (Å²) in [5.41, 5.74) is 7.80. The summed E-state index contributed by atoms with van der Waals surface area (Å²) in [6, 6.07) is 2.34. The molecule has 0 aromatic carbocycles. The lowest BCUT2D eigenvalue weighted by Gasteiger charge is -2.59. The SMILES string of the molecule is COC12CC3C[C@H](C1)C(Nc1c(C(N)=O)cnc4[nH]ccc14)[C@@H](C3)C2. The summed E-state index contributed by atoms with van der Waals surface area (Å²) in [6.07, 6.45) is 9.38. The average molecular weight is 340 g/mol. The molecule has 0 aliphatic heterocycles. The second kappa shape index (κ2) is 5.21. The second-order valence-corrected chi connectivity index (χ2v) is 8.18. The number of nitrogens with two attached hydrogens (primary N) is 1. The number of hydrogen-bond acceptors (Lipinski definition) is 4. The van der Waals surface area contributed by atoms with Gasteiger partial charge in [-0.25, -0.2) is 4.98 Å². The molecule has 5 atom stereocenters. The molecular formula is C19H24N4O2. The lowest BCUT2D eigenvalue weighted by Crippen LogP contribution is -2.59. The molecule has 4 aliphatic carbocycles. The zero-order valence-electron chi connectivity index (χ0n) is 14.4. The van der Waals surface area contributed by atoms with Gasteiger partial charge in [0, 0.05) is 30.9 Å². The molecule has 25 heavy (non-hydrogen) atoms. The number of nitrogens with zero attached hydrogens (tertiary/aromatic N) is 1. The monoisotopic (exact) mass is 340 g/mol. The van der Waals surface area contributed by atoms with Crippen molar-refractivity contribution in [2.45, 2.75) is 43.7 Å². The van der Waals surface area contributed by atoms with Gasteiger partial charge in [-0.15, -0.1) is 0 Å². The number of H-pyrrole nitrogens is 1. The number of nitrogens with one attached hydrogen (secondary N) is 2. The lowest BCUT2D eigenvalue weighted by molar-refractivity contribution is -0.149. The first-order valence-electron chi connectivity index (χ1n) is 9.16. The van der Waals surface area contributed by atoms with E-state index in [0.29, 0.717) is 23.4 Å². The van der Waals surface area contributed by atoms with Crippen molar-refractivity contribution in [2.24, 2.45) is 23.5 Å². The molecule has 4 aliphatic rings. The topological polar surface area (TPSA) is 93.0 Å². The van der Waals surface area contributed by atoms with Crippen LogP contribution in [-0.4, -0.2) is 34.6 Å². The van der Waals surface area contributed by atoms with Gasteiger partial charge >= 0.3 is 0 Å². The molecule has 1 amide bonds. The van der Waals surface area contributed by atoms with Crippen LogP contribution in [0.15, 0.2) is 18.5 Å². The van der Waals surface area contributed by atoms with E-state index in [9.17, 15) is 4.79 Å². The van der Waals surface area contributed by atoms with Crippen LogP contribution in [-0.2, 0) is 4.74 Å². The predicted molar refractivity (Wildman–Crippen MR) is 95.3 cm³/mol. The molecule has 4 N–H and O–H groups in total. The summed E-state index contributed by atoms with van der Waals surface area (Å²) in [5, 5.41) is 4.66. The fourth-order valence-electron chi connectivity index (χ4n) is 5.95. The highest BCUT2D eigenvalue weighted by Crippen LogP contribution is 2.57. The van der Waals surface area contributed by atoms with Gasteiger partial charge in [0.25, 0.3) is 5.91 Å². The van der Waals surface area contributed by atoms with Crippen molar-refractivity contribution in [1.82, 2.24) is 9.97 Å². The summed E-state index contributed by atoms with van der Waals surface area (Å²) in [5.74, 6) is 1.54. The maximum atomic E-state index is 11.9. The molecule has 4 bridgehead atoms. The van der Waals surface area contributed by atoms with Crippen molar-refractivity contribution >= 4 is 22.6 Å². The molecule has 6 rings (SSSR count). The first-order valence-corrected chi connectivity index (χ1v) is 9.16. The first-order chi connectivity index (χ1) is 12.1. The Morgan fingerprint density at radius 3 is 2.80 bits per heavy atom. The Morgan fingerprint density at radius 2 is 2.12 bits per heavy atom.